The second-order valence-corrected chi connectivity index (χ2v) is 9.23. The largest absolute Gasteiger partial charge is 0.483 e. The highest BCUT2D eigenvalue weighted by Crippen LogP contribution is 2.43. The zero-order chi connectivity index (χ0) is 19.7. The molecule has 5 nitrogen and oxygen atoms in total. The van der Waals surface area contributed by atoms with Gasteiger partial charge in [0.25, 0.3) is 0 Å². The zero-order valence-electron chi connectivity index (χ0n) is 15.7. The van der Waals surface area contributed by atoms with E-state index >= 15 is 0 Å². The summed E-state index contributed by atoms with van der Waals surface area (Å²) in [6, 6.07) is 11.7. The van der Waals surface area contributed by atoms with Crippen molar-refractivity contribution >= 4 is 10.0 Å². The van der Waals surface area contributed by atoms with Gasteiger partial charge in [0.05, 0.1) is 4.90 Å². The first-order chi connectivity index (χ1) is 13.4. The minimum Gasteiger partial charge on any atom is -0.483 e. The van der Waals surface area contributed by atoms with Gasteiger partial charge >= 0.3 is 0 Å². The van der Waals surface area contributed by atoms with Crippen LogP contribution in [0.4, 0.5) is 4.39 Å². The van der Waals surface area contributed by atoms with Gasteiger partial charge in [0, 0.05) is 12.5 Å². The van der Waals surface area contributed by atoms with E-state index in [-0.39, 0.29) is 16.7 Å². The Morgan fingerprint density at radius 3 is 2.46 bits per heavy atom. The summed E-state index contributed by atoms with van der Waals surface area (Å²) >= 11 is 0. The van der Waals surface area contributed by atoms with E-state index in [2.05, 4.69) is 11.0 Å². The Labute approximate surface area is 165 Å². The molecule has 0 radical (unpaired) electrons. The maximum atomic E-state index is 14.4. The maximum absolute atomic E-state index is 14.4. The summed E-state index contributed by atoms with van der Waals surface area (Å²) in [6.07, 6.45) is 4.33. The Morgan fingerprint density at radius 1 is 1.07 bits per heavy atom. The van der Waals surface area contributed by atoms with Crippen molar-refractivity contribution in [3.05, 3.63) is 59.4 Å². The summed E-state index contributed by atoms with van der Waals surface area (Å²) in [7, 11) is -3.94. The third-order valence-electron chi connectivity index (χ3n) is 5.71. The summed E-state index contributed by atoms with van der Waals surface area (Å²) in [5.41, 5.74) is 2.35. The van der Waals surface area contributed by atoms with Crippen molar-refractivity contribution in [1.82, 2.24) is 4.90 Å². The number of halogens is 1. The molecule has 150 valence electrons. The first-order valence-electron chi connectivity index (χ1n) is 9.72. The van der Waals surface area contributed by atoms with Gasteiger partial charge in [-0.1, -0.05) is 30.7 Å². The molecule has 1 aliphatic carbocycles. The fraction of sp³-hybridized carbons (Fsp3) is 0.429. The minimum absolute atomic E-state index is 0.0471. The average molecular weight is 405 g/mol. The lowest BCUT2D eigenvalue weighted by Crippen LogP contribution is -2.33. The fourth-order valence-electron chi connectivity index (χ4n) is 4.33. The van der Waals surface area contributed by atoms with E-state index in [0.29, 0.717) is 5.92 Å². The molecule has 4 rings (SSSR count). The highest BCUT2D eigenvalue weighted by atomic mass is 32.2. The Kier molecular flexibility index (Phi) is 5.40. The number of piperidine rings is 1. The number of nitrogens with zero attached hydrogens (tertiary/aromatic N) is 1. The summed E-state index contributed by atoms with van der Waals surface area (Å²) in [4.78, 5) is 2.25. The van der Waals surface area contributed by atoms with Crippen molar-refractivity contribution < 1.29 is 17.5 Å². The Morgan fingerprint density at radius 2 is 1.79 bits per heavy atom. The molecule has 0 amide bonds. The lowest BCUT2D eigenvalue weighted by Gasteiger charge is -2.29. The zero-order valence-corrected chi connectivity index (χ0v) is 16.5. The Balaban J connectivity index is 1.54. The van der Waals surface area contributed by atoms with Crippen LogP contribution in [0.25, 0.3) is 0 Å². The number of fused-ring (bicyclic) bond motifs is 1. The molecule has 28 heavy (non-hydrogen) atoms. The number of hydrogen-bond acceptors (Lipinski definition) is 4. The summed E-state index contributed by atoms with van der Waals surface area (Å²) in [6.45, 7) is 3.26. The van der Waals surface area contributed by atoms with Gasteiger partial charge in [0.1, 0.15) is 6.10 Å². The smallest absolute Gasteiger partial charge is 0.238 e. The molecule has 1 saturated heterocycles. The number of nitrogens with two attached hydrogens (primary N) is 1. The lowest BCUT2D eigenvalue weighted by molar-refractivity contribution is 0.170. The first kappa shape index (κ1) is 19.4. The molecule has 0 aromatic heterocycles. The van der Waals surface area contributed by atoms with Crippen LogP contribution in [-0.4, -0.2) is 33.0 Å². The second-order valence-electron chi connectivity index (χ2n) is 7.67. The van der Waals surface area contributed by atoms with Crippen molar-refractivity contribution in [2.24, 2.45) is 5.14 Å². The molecule has 0 bridgehead atoms. The number of primary sulfonamides is 1. The Bertz CT molecular complexity index is 958. The third kappa shape index (κ3) is 4.06. The molecule has 0 spiro atoms. The van der Waals surface area contributed by atoms with E-state index < -0.39 is 15.8 Å². The van der Waals surface area contributed by atoms with Crippen molar-refractivity contribution in [2.75, 3.05) is 19.6 Å². The highest BCUT2D eigenvalue weighted by Gasteiger charge is 2.34. The minimum atomic E-state index is -3.94. The van der Waals surface area contributed by atoms with Gasteiger partial charge in [0.2, 0.25) is 10.0 Å². The van der Waals surface area contributed by atoms with Crippen molar-refractivity contribution in [1.29, 1.82) is 0 Å². The number of benzene rings is 2. The van der Waals surface area contributed by atoms with Crippen LogP contribution in [0.1, 0.15) is 48.8 Å². The van der Waals surface area contributed by atoms with Crippen LogP contribution in [0, 0.1) is 5.82 Å². The van der Waals surface area contributed by atoms with Crippen LogP contribution in [0.15, 0.2) is 47.4 Å². The second kappa shape index (κ2) is 7.81. The van der Waals surface area contributed by atoms with Gasteiger partial charge in [0.15, 0.2) is 11.6 Å². The van der Waals surface area contributed by atoms with Crippen molar-refractivity contribution in [3.63, 3.8) is 0 Å². The molecule has 7 heteroatoms. The molecule has 1 fully saturated rings. The molecular weight excluding hydrogens is 379 g/mol. The number of likely N-dealkylation sites (tertiary alicyclic amines) is 1. The van der Waals surface area contributed by atoms with Gasteiger partial charge in [-0.05, 0) is 61.7 Å². The molecule has 2 aromatic carbocycles. The van der Waals surface area contributed by atoms with Gasteiger partial charge < -0.3 is 9.64 Å². The quantitative estimate of drug-likeness (QED) is 0.827. The molecular formula is C21H25FN2O3S. The molecule has 1 aliphatic heterocycles. The van der Waals surface area contributed by atoms with Gasteiger partial charge in [-0.3, -0.25) is 0 Å². The van der Waals surface area contributed by atoms with Crippen LogP contribution in [0.2, 0.25) is 0 Å². The van der Waals surface area contributed by atoms with E-state index in [1.807, 2.05) is 18.2 Å². The van der Waals surface area contributed by atoms with E-state index in [4.69, 9.17) is 9.88 Å². The fourth-order valence-corrected chi connectivity index (χ4v) is 4.86. The summed E-state index contributed by atoms with van der Waals surface area (Å²) < 4.78 is 43.2. The molecule has 2 aliphatic rings. The van der Waals surface area contributed by atoms with Crippen LogP contribution in [-0.2, 0) is 10.0 Å². The molecule has 1 heterocycles. The first-order valence-corrected chi connectivity index (χ1v) is 11.3. The number of hydrogen-bond donors (Lipinski definition) is 1. The summed E-state index contributed by atoms with van der Waals surface area (Å²) in [5.74, 6) is -0.319. The van der Waals surface area contributed by atoms with E-state index in [1.165, 1.54) is 37.0 Å². The maximum Gasteiger partial charge on any atom is 0.238 e. The normalized spacial score (nSPS) is 22.8. The SMILES string of the molecule is NS(=O)(=O)c1ccc(O[C@@H]2C[C@@H](CN3CCCCC3)c3ccccc32)c(F)c1. The molecule has 2 atom stereocenters. The van der Waals surface area contributed by atoms with Crippen molar-refractivity contribution in [2.45, 2.75) is 42.6 Å². The molecule has 2 N–H and O–H groups in total. The average Bonchev–Trinajstić information content (AvgIpc) is 3.01. The standard InChI is InChI=1S/C21H25FN2O3S/c22-19-13-16(28(23,25)26)8-9-20(19)27-21-12-15(14-24-10-4-1-5-11-24)17-6-2-3-7-18(17)21/h2-3,6-9,13,15,21H,1,4-5,10-12,14H2,(H2,23,25,26)/t15-,21+/m0/s1. The van der Waals surface area contributed by atoms with E-state index in [0.717, 1.165) is 37.7 Å². The van der Waals surface area contributed by atoms with Gasteiger partial charge in [-0.25, -0.2) is 17.9 Å². The summed E-state index contributed by atoms with van der Waals surface area (Å²) in [5, 5.41) is 5.07. The lowest BCUT2D eigenvalue weighted by atomic mass is 9.99. The van der Waals surface area contributed by atoms with Crippen LogP contribution >= 0.6 is 0 Å². The Hall–Kier alpha value is -1.96. The monoisotopic (exact) mass is 404 g/mol. The predicted molar refractivity (Wildman–Crippen MR) is 105 cm³/mol. The highest BCUT2D eigenvalue weighted by molar-refractivity contribution is 7.89. The van der Waals surface area contributed by atoms with E-state index in [1.54, 1.807) is 0 Å². The topological polar surface area (TPSA) is 72.6 Å². The molecule has 0 unspecified atom stereocenters. The predicted octanol–water partition coefficient (Wildman–Crippen LogP) is 3.57. The number of sulfonamides is 1. The van der Waals surface area contributed by atoms with Crippen molar-refractivity contribution in [3.8, 4) is 5.75 Å². The van der Waals surface area contributed by atoms with Crippen LogP contribution in [0.5, 0.6) is 5.75 Å². The number of rotatable bonds is 5. The van der Waals surface area contributed by atoms with Gasteiger partial charge in [-0.15, -0.1) is 0 Å². The van der Waals surface area contributed by atoms with Crippen LogP contribution < -0.4 is 9.88 Å². The van der Waals surface area contributed by atoms with E-state index in [9.17, 15) is 12.8 Å². The molecule has 2 aromatic rings. The third-order valence-corrected chi connectivity index (χ3v) is 6.62. The molecule has 0 saturated carbocycles. The van der Waals surface area contributed by atoms with Crippen LogP contribution in [0.3, 0.4) is 0 Å². The van der Waals surface area contributed by atoms with Gasteiger partial charge in [-0.2, -0.15) is 0 Å². The number of ether oxygens (including phenoxy) is 1.